The maximum absolute atomic E-state index is 13.3. The first-order chi connectivity index (χ1) is 20.2. The molecule has 0 radical (unpaired) electrons. The van der Waals surface area contributed by atoms with Crippen molar-refractivity contribution in [1.29, 1.82) is 0 Å². The Balaban J connectivity index is 1.51. The molecule has 2 heterocycles. The minimum Gasteiger partial charge on any atom is -0.497 e. The molecule has 226 valence electrons. The summed E-state index contributed by atoms with van der Waals surface area (Å²) in [5, 5.41) is 10.8. The molecule has 2 aliphatic rings. The molecule has 0 spiro atoms. The topological polar surface area (TPSA) is 86.7 Å². The number of ether oxygens (including phenoxy) is 5. The highest BCUT2D eigenvalue weighted by Gasteiger charge is 2.37. The van der Waals surface area contributed by atoms with Crippen LogP contribution in [0.4, 0.5) is 0 Å². The van der Waals surface area contributed by atoms with Crippen molar-refractivity contribution < 1.29 is 33.6 Å². The first-order valence-corrected chi connectivity index (χ1v) is 14.7. The number of aliphatic hydroxyl groups is 1. The largest absolute Gasteiger partial charge is 0.497 e. The van der Waals surface area contributed by atoms with Crippen molar-refractivity contribution in [3.8, 4) is 23.3 Å². The van der Waals surface area contributed by atoms with Crippen molar-refractivity contribution in [2.75, 3.05) is 33.5 Å². The molecule has 3 atom stereocenters. The van der Waals surface area contributed by atoms with Crippen LogP contribution < -0.4 is 9.47 Å². The molecule has 0 saturated carbocycles. The summed E-state index contributed by atoms with van der Waals surface area (Å²) in [6, 6.07) is 13.9. The molecule has 42 heavy (non-hydrogen) atoms. The molecule has 2 aromatic carbocycles. The molecule has 0 fully saturated rings. The number of aliphatic hydroxyl groups excluding tert-OH is 1. The first-order valence-electron chi connectivity index (χ1n) is 14.7. The third-order valence-corrected chi connectivity index (χ3v) is 7.53. The molecule has 3 unspecified atom stereocenters. The van der Waals surface area contributed by atoms with Gasteiger partial charge in [-0.1, -0.05) is 49.1 Å². The highest BCUT2D eigenvalue weighted by molar-refractivity contribution is 5.75. The quantitative estimate of drug-likeness (QED) is 0.227. The molecule has 1 N–H and O–H groups in total. The SMILES string of the molecule is C/C=C(/OC)C(OC(=O)C(O)CC#CC(C)(C)OCc1ccccc1)C1CN(CCC)CCc2cc3c(cc21)OCO3. The Morgan fingerprint density at radius 3 is 2.64 bits per heavy atom. The summed E-state index contributed by atoms with van der Waals surface area (Å²) in [7, 11) is 1.57. The highest BCUT2D eigenvalue weighted by Crippen LogP contribution is 2.41. The van der Waals surface area contributed by atoms with Gasteiger partial charge in [0.15, 0.2) is 23.7 Å². The van der Waals surface area contributed by atoms with Gasteiger partial charge in [0, 0.05) is 25.4 Å². The number of hydrogen-bond donors (Lipinski definition) is 1. The van der Waals surface area contributed by atoms with Crippen molar-refractivity contribution in [1.82, 2.24) is 4.90 Å². The number of carbonyl (C=O) groups is 1. The van der Waals surface area contributed by atoms with E-state index in [-0.39, 0.29) is 19.1 Å². The number of benzene rings is 2. The molecular formula is C34H43NO7. The Labute approximate surface area is 249 Å². The van der Waals surface area contributed by atoms with E-state index in [0.717, 1.165) is 48.4 Å². The van der Waals surface area contributed by atoms with Gasteiger partial charge in [-0.25, -0.2) is 4.79 Å². The van der Waals surface area contributed by atoms with Crippen molar-refractivity contribution in [3.63, 3.8) is 0 Å². The second-order valence-electron chi connectivity index (χ2n) is 11.1. The molecule has 0 bridgehead atoms. The predicted molar refractivity (Wildman–Crippen MR) is 160 cm³/mol. The molecule has 0 aromatic heterocycles. The summed E-state index contributed by atoms with van der Waals surface area (Å²) in [6.45, 7) is 10.8. The summed E-state index contributed by atoms with van der Waals surface area (Å²) in [5.74, 6) is 6.88. The van der Waals surface area contributed by atoms with E-state index >= 15 is 0 Å². The van der Waals surface area contributed by atoms with Crippen LogP contribution in [0, 0.1) is 11.8 Å². The van der Waals surface area contributed by atoms with Gasteiger partial charge in [-0.05, 0) is 75.1 Å². The van der Waals surface area contributed by atoms with E-state index in [1.54, 1.807) is 13.2 Å². The Morgan fingerprint density at radius 1 is 1.21 bits per heavy atom. The molecule has 8 heteroatoms. The minimum absolute atomic E-state index is 0.0796. The lowest BCUT2D eigenvalue weighted by Crippen LogP contribution is -2.38. The first kappa shape index (κ1) is 31.4. The molecule has 4 rings (SSSR count). The second kappa shape index (κ2) is 14.6. The van der Waals surface area contributed by atoms with Gasteiger partial charge in [-0.2, -0.15) is 0 Å². The maximum atomic E-state index is 13.3. The van der Waals surface area contributed by atoms with Crippen molar-refractivity contribution in [3.05, 3.63) is 71.0 Å². The van der Waals surface area contributed by atoms with Crippen LogP contribution in [0.2, 0.25) is 0 Å². The second-order valence-corrected chi connectivity index (χ2v) is 11.1. The number of fused-ring (bicyclic) bond motifs is 2. The number of esters is 1. The molecule has 0 aliphatic carbocycles. The third kappa shape index (κ3) is 8.07. The van der Waals surface area contributed by atoms with Crippen LogP contribution in [0.25, 0.3) is 0 Å². The van der Waals surface area contributed by atoms with Crippen LogP contribution in [0.1, 0.15) is 63.1 Å². The monoisotopic (exact) mass is 577 g/mol. The van der Waals surface area contributed by atoms with Crippen LogP contribution in [0.15, 0.2) is 54.3 Å². The zero-order chi connectivity index (χ0) is 30.1. The summed E-state index contributed by atoms with van der Waals surface area (Å²) >= 11 is 0. The number of carbonyl (C=O) groups excluding carboxylic acids is 1. The summed E-state index contributed by atoms with van der Waals surface area (Å²) in [5.41, 5.74) is 2.44. The number of rotatable bonds is 11. The molecule has 0 saturated heterocycles. The van der Waals surface area contributed by atoms with Gasteiger partial charge in [-0.3, -0.25) is 0 Å². The zero-order valence-electron chi connectivity index (χ0n) is 25.4. The van der Waals surface area contributed by atoms with E-state index in [1.807, 2.05) is 63.2 Å². The summed E-state index contributed by atoms with van der Waals surface area (Å²) in [4.78, 5) is 15.7. The fourth-order valence-corrected chi connectivity index (χ4v) is 5.34. The fourth-order valence-electron chi connectivity index (χ4n) is 5.34. The van der Waals surface area contributed by atoms with E-state index in [2.05, 4.69) is 23.7 Å². The standard InChI is InChI=1S/C34H43NO7/c1-6-17-35-18-15-25-19-30-31(40-23-39-30)20-26(25)27(21-35)32(29(7-2)38-5)42-33(37)28(36)14-11-16-34(3,4)41-22-24-12-9-8-10-13-24/h7-10,12-13,19-20,27-28,32,36H,6,14-15,17-18,21-23H2,1-5H3/b29-7+. The van der Waals surface area contributed by atoms with Crippen molar-refractivity contribution in [2.24, 2.45) is 0 Å². The third-order valence-electron chi connectivity index (χ3n) is 7.53. The zero-order valence-corrected chi connectivity index (χ0v) is 25.4. The molecule has 8 nitrogen and oxygen atoms in total. The van der Waals surface area contributed by atoms with Gasteiger partial charge in [0.25, 0.3) is 0 Å². The van der Waals surface area contributed by atoms with E-state index < -0.39 is 23.8 Å². The summed E-state index contributed by atoms with van der Waals surface area (Å²) < 4.78 is 29.1. The van der Waals surface area contributed by atoms with Crippen LogP contribution >= 0.6 is 0 Å². The minimum atomic E-state index is -1.42. The molecular weight excluding hydrogens is 534 g/mol. The van der Waals surface area contributed by atoms with Crippen LogP contribution in [-0.4, -0.2) is 67.3 Å². The number of methoxy groups -OCH3 is 1. The molecule has 0 amide bonds. The number of nitrogens with zero attached hydrogens (tertiary/aromatic N) is 1. The predicted octanol–water partition coefficient (Wildman–Crippen LogP) is 4.98. The van der Waals surface area contributed by atoms with E-state index in [1.165, 1.54) is 0 Å². The Morgan fingerprint density at radius 2 is 1.95 bits per heavy atom. The van der Waals surface area contributed by atoms with Gasteiger partial charge < -0.3 is 33.7 Å². The average molecular weight is 578 g/mol. The smallest absolute Gasteiger partial charge is 0.336 e. The fraction of sp³-hybridized carbons (Fsp3) is 0.500. The van der Waals surface area contributed by atoms with Gasteiger partial charge in [0.2, 0.25) is 6.79 Å². The van der Waals surface area contributed by atoms with E-state index in [0.29, 0.717) is 24.7 Å². The lowest BCUT2D eigenvalue weighted by molar-refractivity contribution is -0.160. The lowest BCUT2D eigenvalue weighted by atomic mass is 9.87. The van der Waals surface area contributed by atoms with Gasteiger partial charge in [0.1, 0.15) is 11.4 Å². The van der Waals surface area contributed by atoms with Crippen molar-refractivity contribution in [2.45, 2.75) is 77.3 Å². The van der Waals surface area contributed by atoms with E-state index in [9.17, 15) is 9.90 Å². The Bertz CT molecular complexity index is 1290. The number of hydrogen-bond acceptors (Lipinski definition) is 8. The molecule has 2 aliphatic heterocycles. The van der Waals surface area contributed by atoms with Crippen LogP contribution in [0.5, 0.6) is 11.5 Å². The van der Waals surface area contributed by atoms with Crippen LogP contribution in [0.3, 0.4) is 0 Å². The maximum Gasteiger partial charge on any atom is 0.336 e. The van der Waals surface area contributed by atoms with Gasteiger partial charge >= 0.3 is 5.97 Å². The molecule has 2 aromatic rings. The van der Waals surface area contributed by atoms with Gasteiger partial charge in [0.05, 0.1) is 13.7 Å². The lowest BCUT2D eigenvalue weighted by Gasteiger charge is -2.32. The van der Waals surface area contributed by atoms with E-state index in [4.69, 9.17) is 23.7 Å². The Hall–Kier alpha value is -3.51. The van der Waals surface area contributed by atoms with Crippen LogP contribution in [-0.2, 0) is 32.0 Å². The van der Waals surface area contributed by atoms with Crippen molar-refractivity contribution >= 4 is 5.97 Å². The Kier molecular flexibility index (Phi) is 10.9. The highest BCUT2D eigenvalue weighted by atomic mass is 16.7. The summed E-state index contributed by atoms with van der Waals surface area (Å²) in [6.07, 6.45) is 1.38. The normalized spacial score (nSPS) is 18.2. The van der Waals surface area contributed by atoms with Gasteiger partial charge in [-0.15, -0.1) is 0 Å². The average Bonchev–Trinajstić information content (AvgIpc) is 3.37. The number of allylic oxidation sites excluding steroid dienone is 1.